The van der Waals surface area contributed by atoms with Gasteiger partial charge in [-0.25, -0.2) is 5.14 Å². The van der Waals surface area contributed by atoms with Crippen LogP contribution in [0.1, 0.15) is 32.3 Å². The van der Waals surface area contributed by atoms with E-state index >= 15 is 0 Å². The fraction of sp³-hybridized carbons (Fsp3) is 0.600. The molecule has 0 spiro atoms. The van der Waals surface area contributed by atoms with Crippen LogP contribution >= 0.6 is 0 Å². The number of nitrogens with two attached hydrogens (primary N) is 1. The third-order valence-corrected chi connectivity index (χ3v) is 4.37. The number of hydrogen-bond donors (Lipinski definition) is 1. The average molecular weight is 329 g/mol. The molecule has 2 rings (SSSR count). The first-order chi connectivity index (χ1) is 10.4. The molecule has 1 saturated heterocycles. The molecule has 0 saturated carbocycles. The maximum Gasteiger partial charge on any atom is 0.333 e. The minimum atomic E-state index is -3.99. The molecule has 22 heavy (non-hydrogen) atoms. The SMILES string of the molecule is CCC1(CC)OC(COS(N)(=O)=O)C(Cc2ccccc2)O1. The fourth-order valence-electron chi connectivity index (χ4n) is 2.64. The lowest BCUT2D eigenvalue weighted by Gasteiger charge is -2.25. The van der Waals surface area contributed by atoms with Crippen LogP contribution in [0.3, 0.4) is 0 Å². The third kappa shape index (κ3) is 4.50. The third-order valence-electron chi connectivity index (χ3n) is 3.90. The summed E-state index contributed by atoms with van der Waals surface area (Å²) in [4.78, 5) is 0. The Labute approximate surface area is 131 Å². The van der Waals surface area contributed by atoms with Gasteiger partial charge in [0.15, 0.2) is 5.79 Å². The van der Waals surface area contributed by atoms with Crippen LogP contribution in [0.4, 0.5) is 0 Å². The first-order valence-corrected chi connectivity index (χ1v) is 8.91. The summed E-state index contributed by atoms with van der Waals surface area (Å²) in [6, 6.07) is 9.85. The van der Waals surface area contributed by atoms with Crippen molar-refractivity contribution in [2.24, 2.45) is 5.14 Å². The zero-order valence-corrected chi connectivity index (χ0v) is 13.7. The van der Waals surface area contributed by atoms with E-state index in [9.17, 15) is 8.42 Å². The van der Waals surface area contributed by atoms with Gasteiger partial charge in [-0.2, -0.15) is 8.42 Å². The molecule has 7 heteroatoms. The van der Waals surface area contributed by atoms with E-state index in [4.69, 9.17) is 18.8 Å². The van der Waals surface area contributed by atoms with E-state index in [2.05, 4.69) is 0 Å². The van der Waals surface area contributed by atoms with Gasteiger partial charge in [0, 0.05) is 6.42 Å². The highest BCUT2D eigenvalue weighted by molar-refractivity contribution is 7.84. The lowest BCUT2D eigenvalue weighted by Crippen LogP contribution is -2.32. The van der Waals surface area contributed by atoms with Gasteiger partial charge in [-0.05, 0) is 18.4 Å². The van der Waals surface area contributed by atoms with E-state index in [0.29, 0.717) is 19.3 Å². The molecule has 1 fully saturated rings. The summed E-state index contributed by atoms with van der Waals surface area (Å²) in [6.07, 6.45) is 1.24. The summed E-state index contributed by atoms with van der Waals surface area (Å²) < 4.78 is 38.8. The van der Waals surface area contributed by atoms with Gasteiger partial charge in [0.05, 0.1) is 12.7 Å². The molecule has 1 aromatic carbocycles. The molecule has 0 aliphatic carbocycles. The molecule has 2 N–H and O–H groups in total. The maximum absolute atomic E-state index is 11.0. The van der Waals surface area contributed by atoms with Gasteiger partial charge in [-0.1, -0.05) is 44.2 Å². The Morgan fingerprint density at radius 2 is 1.73 bits per heavy atom. The molecule has 0 radical (unpaired) electrons. The molecule has 0 amide bonds. The Bertz CT molecular complexity index is 571. The minimum absolute atomic E-state index is 0.141. The van der Waals surface area contributed by atoms with Crippen molar-refractivity contribution in [2.45, 2.75) is 51.1 Å². The van der Waals surface area contributed by atoms with Gasteiger partial charge in [0.2, 0.25) is 0 Å². The summed E-state index contributed by atoms with van der Waals surface area (Å²) in [7, 11) is -3.99. The van der Waals surface area contributed by atoms with Crippen LogP contribution in [0.15, 0.2) is 30.3 Å². The minimum Gasteiger partial charge on any atom is -0.344 e. The van der Waals surface area contributed by atoms with Gasteiger partial charge in [-0.15, -0.1) is 0 Å². The molecule has 2 atom stereocenters. The summed E-state index contributed by atoms with van der Waals surface area (Å²) >= 11 is 0. The first kappa shape index (κ1) is 17.4. The van der Waals surface area contributed by atoms with E-state index in [1.54, 1.807) is 0 Å². The van der Waals surface area contributed by atoms with Gasteiger partial charge >= 0.3 is 10.3 Å². The van der Waals surface area contributed by atoms with Crippen LogP contribution in [0.25, 0.3) is 0 Å². The van der Waals surface area contributed by atoms with Crippen molar-refractivity contribution in [3.63, 3.8) is 0 Å². The van der Waals surface area contributed by atoms with E-state index in [1.165, 1.54) is 0 Å². The van der Waals surface area contributed by atoms with E-state index in [0.717, 1.165) is 5.56 Å². The van der Waals surface area contributed by atoms with Crippen LogP contribution in [-0.4, -0.2) is 33.0 Å². The highest BCUT2D eigenvalue weighted by Crippen LogP contribution is 2.36. The van der Waals surface area contributed by atoms with Crippen molar-refractivity contribution in [3.8, 4) is 0 Å². The van der Waals surface area contributed by atoms with Gasteiger partial charge in [-0.3, -0.25) is 4.18 Å². The van der Waals surface area contributed by atoms with Crippen LogP contribution in [-0.2, 0) is 30.4 Å². The molecular formula is C15H23NO5S. The monoisotopic (exact) mass is 329 g/mol. The number of benzene rings is 1. The normalized spacial score (nSPS) is 24.5. The molecular weight excluding hydrogens is 306 g/mol. The number of rotatable bonds is 7. The predicted molar refractivity (Wildman–Crippen MR) is 82.3 cm³/mol. The molecule has 1 aliphatic rings. The Kier molecular flexibility index (Phi) is 5.57. The lowest BCUT2D eigenvalue weighted by molar-refractivity contribution is -0.180. The van der Waals surface area contributed by atoms with Crippen LogP contribution in [0, 0.1) is 0 Å². The smallest absolute Gasteiger partial charge is 0.333 e. The average Bonchev–Trinajstić information content (AvgIpc) is 2.84. The Balaban J connectivity index is 2.11. The van der Waals surface area contributed by atoms with Crippen molar-refractivity contribution in [1.29, 1.82) is 0 Å². The molecule has 2 unspecified atom stereocenters. The van der Waals surface area contributed by atoms with Gasteiger partial charge < -0.3 is 9.47 Å². The maximum atomic E-state index is 11.0. The largest absolute Gasteiger partial charge is 0.344 e. The molecule has 1 aliphatic heterocycles. The highest BCUT2D eigenvalue weighted by atomic mass is 32.2. The number of hydrogen-bond acceptors (Lipinski definition) is 5. The Hall–Kier alpha value is -0.990. The number of ether oxygens (including phenoxy) is 2. The molecule has 6 nitrogen and oxygen atoms in total. The molecule has 124 valence electrons. The molecule has 1 aromatic rings. The van der Waals surface area contributed by atoms with Crippen molar-refractivity contribution in [2.75, 3.05) is 6.61 Å². The first-order valence-electron chi connectivity index (χ1n) is 7.44. The van der Waals surface area contributed by atoms with E-state index < -0.39 is 22.2 Å². The zero-order chi connectivity index (χ0) is 16.2. The lowest BCUT2D eigenvalue weighted by atomic mass is 10.0. The summed E-state index contributed by atoms with van der Waals surface area (Å²) in [6.45, 7) is 3.82. The van der Waals surface area contributed by atoms with Crippen LogP contribution in [0.2, 0.25) is 0 Å². The Morgan fingerprint density at radius 3 is 2.27 bits per heavy atom. The van der Waals surface area contributed by atoms with Crippen molar-refractivity contribution in [3.05, 3.63) is 35.9 Å². The molecule has 1 heterocycles. The predicted octanol–water partition coefficient (Wildman–Crippen LogP) is 1.75. The fourth-order valence-corrected chi connectivity index (χ4v) is 2.96. The summed E-state index contributed by atoms with van der Waals surface area (Å²) in [5.74, 6) is -0.689. The van der Waals surface area contributed by atoms with E-state index in [1.807, 2.05) is 44.2 Å². The second-order valence-electron chi connectivity index (χ2n) is 5.40. The Morgan fingerprint density at radius 1 is 1.14 bits per heavy atom. The van der Waals surface area contributed by atoms with Crippen molar-refractivity contribution in [1.82, 2.24) is 0 Å². The van der Waals surface area contributed by atoms with E-state index in [-0.39, 0.29) is 12.7 Å². The molecule has 0 bridgehead atoms. The van der Waals surface area contributed by atoms with Crippen molar-refractivity contribution >= 4 is 10.3 Å². The van der Waals surface area contributed by atoms with Gasteiger partial charge in [0.1, 0.15) is 6.10 Å². The second kappa shape index (κ2) is 7.06. The summed E-state index contributed by atoms with van der Waals surface area (Å²) in [5.41, 5.74) is 1.10. The standard InChI is InChI=1S/C15H23NO5S/c1-3-15(4-2)20-13(10-12-8-6-5-7-9-12)14(21-15)11-19-22(16,17)18/h5-9,13-14H,3-4,10-11H2,1-2H3,(H2,16,17,18). The highest BCUT2D eigenvalue weighted by Gasteiger charge is 2.45. The van der Waals surface area contributed by atoms with Crippen molar-refractivity contribution < 1.29 is 22.1 Å². The van der Waals surface area contributed by atoms with Crippen LogP contribution in [0.5, 0.6) is 0 Å². The topological polar surface area (TPSA) is 87.9 Å². The van der Waals surface area contributed by atoms with Crippen LogP contribution < -0.4 is 5.14 Å². The molecule has 0 aromatic heterocycles. The quantitative estimate of drug-likeness (QED) is 0.823. The summed E-state index contributed by atoms with van der Waals surface area (Å²) in [5, 5.41) is 4.90. The zero-order valence-electron chi connectivity index (χ0n) is 12.9. The second-order valence-corrected chi connectivity index (χ2v) is 6.62. The van der Waals surface area contributed by atoms with Gasteiger partial charge in [0.25, 0.3) is 0 Å².